The fourth-order valence-electron chi connectivity index (χ4n) is 3.45. The Morgan fingerprint density at radius 1 is 1.17 bits per heavy atom. The summed E-state index contributed by atoms with van der Waals surface area (Å²) < 4.78 is 0. The molecule has 0 aromatic carbocycles. The van der Waals surface area contributed by atoms with Crippen molar-refractivity contribution in [2.45, 2.75) is 38.3 Å². The first-order valence-corrected chi connectivity index (χ1v) is 7.96. The van der Waals surface area contributed by atoms with E-state index in [4.69, 9.17) is 5.73 Å². The molecule has 23 heavy (non-hydrogen) atoms. The average molecular weight is 361 g/mol. The molecule has 2 N–H and O–H groups in total. The van der Waals surface area contributed by atoms with E-state index in [0.29, 0.717) is 18.2 Å². The molecular formula is C16H26Cl2N4O. The number of halogens is 2. The zero-order chi connectivity index (χ0) is 14.7. The molecule has 130 valence electrons. The normalized spacial score (nSPS) is 19.1. The lowest BCUT2D eigenvalue weighted by Crippen LogP contribution is -2.45. The van der Waals surface area contributed by atoms with Gasteiger partial charge in [0.2, 0.25) is 0 Å². The van der Waals surface area contributed by atoms with Crippen LogP contribution >= 0.6 is 24.8 Å². The number of nitrogens with zero attached hydrogens (tertiary/aromatic N) is 3. The van der Waals surface area contributed by atoms with Gasteiger partial charge < -0.3 is 15.5 Å². The second-order valence-corrected chi connectivity index (χ2v) is 6.01. The van der Waals surface area contributed by atoms with Crippen LogP contribution in [0.3, 0.4) is 0 Å². The number of rotatable bonds is 3. The molecule has 3 rings (SSSR count). The van der Waals surface area contributed by atoms with Crippen molar-refractivity contribution in [2.24, 2.45) is 5.73 Å². The Kier molecular flexibility index (Phi) is 8.26. The molecule has 2 fully saturated rings. The molecule has 0 atom stereocenters. The van der Waals surface area contributed by atoms with E-state index in [1.807, 2.05) is 11.0 Å². The summed E-state index contributed by atoms with van der Waals surface area (Å²) in [5.74, 6) is 0.118. The Morgan fingerprint density at radius 3 is 2.43 bits per heavy atom. The SMILES string of the molecule is Cl.Cl.NCc1cc(C(=O)N2CCC(N3CCCC3)CC2)ccn1. The molecule has 0 bridgehead atoms. The second kappa shape index (κ2) is 9.42. The number of pyridine rings is 1. The highest BCUT2D eigenvalue weighted by atomic mass is 35.5. The van der Waals surface area contributed by atoms with Gasteiger partial charge >= 0.3 is 0 Å². The lowest BCUT2D eigenvalue weighted by atomic mass is 10.0. The van der Waals surface area contributed by atoms with Crippen LogP contribution in [-0.4, -0.2) is 52.9 Å². The van der Waals surface area contributed by atoms with Crippen LogP contribution in [0, 0.1) is 0 Å². The minimum absolute atomic E-state index is 0. The van der Waals surface area contributed by atoms with Gasteiger partial charge in [0.15, 0.2) is 0 Å². The van der Waals surface area contributed by atoms with E-state index >= 15 is 0 Å². The number of carbonyl (C=O) groups is 1. The Balaban J connectivity index is 0.00000132. The van der Waals surface area contributed by atoms with Gasteiger partial charge in [0, 0.05) is 37.4 Å². The van der Waals surface area contributed by atoms with Gasteiger partial charge in [-0.25, -0.2) is 0 Å². The van der Waals surface area contributed by atoms with Gasteiger partial charge in [-0.2, -0.15) is 0 Å². The van der Waals surface area contributed by atoms with Crippen LogP contribution in [0.15, 0.2) is 18.3 Å². The van der Waals surface area contributed by atoms with Gasteiger partial charge in [-0.3, -0.25) is 9.78 Å². The summed E-state index contributed by atoms with van der Waals surface area (Å²) in [7, 11) is 0. The summed E-state index contributed by atoms with van der Waals surface area (Å²) in [5, 5.41) is 0. The Bertz CT molecular complexity index is 501. The maximum absolute atomic E-state index is 12.5. The van der Waals surface area contributed by atoms with Crippen LogP contribution in [0.4, 0.5) is 0 Å². The van der Waals surface area contributed by atoms with Gasteiger partial charge in [-0.1, -0.05) is 0 Å². The molecule has 0 aliphatic carbocycles. The van der Waals surface area contributed by atoms with E-state index < -0.39 is 0 Å². The van der Waals surface area contributed by atoms with E-state index in [1.54, 1.807) is 12.3 Å². The average Bonchev–Trinajstić information content (AvgIpc) is 3.09. The van der Waals surface area contributed by atoms with Crippen LogP contribution < -0.4 is 5.73 Å². The summed E-state index contributed by atoms with van der Waals surface area (Å²) in [4.78, 5) is 21.3. The Morgan fingerprint density at radius 2 is 1.83 bits per heavy atom. The zero-order valence-electron chi connectivity index (χ0n) is 13.3. The zero-order valence-corrected chi connectivity index (χ0v) is 15.0. The highest BCUT2D eigenvalue weighted by Gasteiger charge is 2.28. The predicted molar refractivity (Wildman–Crippen MR) is 96.4 cm³/mol. The number of hydrogen-bond donors (Lipinski definition) is 1. The number of piperidine rings is 1. The first kappa shape index (κ1) is 20.2. The van der Waals surface area contributed by atoms with E-state index in [2.05, 4.69) is 9.88 Å². The highest BCUT2D eigenvalue weighted by Crippen LogP contribution is 2.22. The number of carbonyl (C=O) groups excluding carboxylic acids is 1. The van der Waals surface area contributed by atoms with Gasteiger partial charge in [0.1, 0.15) is 0 Å². The third-order valence-corrected chi connectivity index (χ3v) is 4.68. The molecule has 3 heterocycles. The molecular weight excluding hydrogens is 335 g/mol. The van der Waals surface area contributed by atoms with Crippen molar-refractivity contribution in [3.8, 4) is 0 Å². The molecule has 2 aliphatic rings. The third kappa shape index (κ3) is 4.80. The monoisotopic (exact) mass is 360 g/mol. The van der Waals surface area contributed by atoms with Crippen molar-refractivity contribution in [3.63, 3.8) is 0 Å². The molecule has 1 aromatic heterocycles. The molecule has 1 aromatic rings. The van der Waals surface area contributed by atoms with Crippen LogP contribution in [0.2, 0.25) is 0 Å². The van der Waals surface area contributed by atoms with Crippen LogP contribution in [0.5, 0.6) is 0 Å². The summed E-state index contributed by atoms with van der Waals surface area (Å²) in [6.07, 6.45) is 6.53. The maximum atomic E-state index is 12.5. The standard InChI is InChI=1S/C16H24N4O.2ClH/c17-12-14-11-13(3-6-18-14)16(21)20-9-4-15(5-10-20)19-7-1-2-8-19;;/h3,6,11,15H,1-2,4-5,7-10,12,17H2;2*1H. The summed E-state index contributed by atoms with van der Waals surface area (Å²) in [5.41, 5.74) is 7.08. The lowest BCUT2D eigenvalue weighted by Gasteiger charge is -2.36. The van der Waals surface area contributed by atoms with E-state index in [9.17, 15) is 4.79 Å². The maximum Gasteiger partial charge on any atom is 0.253 e. The van der Waals surface area contributed by atoms with Gasteiger partial charge in [0.05, 0.1) is 5.69 Å². The van der Waals surface area contributed by atoms with Crippen LogP contribution in [0.1, 0.15) is 41.7 Å². The van der Waals surface area contributed by atoms with E-state index in [-0.39, 0.29) is 30.7 Å². The highest BCUT2D eigenvalue weighted by molar-refractivity contribution is 5.94. The number of likely N-dealkylation sites (tertiary alicyclic amines) is 2. The molecule has 0 saturated carbocycles. The van der Waals surface area contributed by atoms with Crippen molar-refractivity contribution < 1.29 is 4.79 Å². The molecule has 0 spiro atoms. The third-order valence-electron chi connectivity index (χ3n) is 4.68. The Labute approximate surface area is 150 Å². The second-order valence-electron chi connectivity index (χ2n) is 6.01. The van der Waals surface area contributed by atoms with Crippen LogP contribution in [0.25, 0.3) is 0 Å². The predicted octanol–water partition coefficient (Wildman–Crippen LogP) is 2.08. The lowest BCUT2D eigenvalue weighted by molar-refractivity contribution is 0.0644. The minimum atomic E-state index is 0. The fourth-order valence-corrected chi connectivity index (χ4v) is 3.45. The molecule has 2 saturated heterocycles. The van der Waals surface area contributed by atoms with Gasteiger partial charge in [-0.05, 0) is 50.9 Å². The van der Waals surface area contributed by atoms with Crippen molar-refractivity contribution in [2.75, 3.05) is 26.2 Å². The van der Waals surface area contributed by atoms with Crippen molar-refractivity contribution >= 4 is 30.7 Å². The smallest absolute Gasteiger partial charge is 0.253 e. The van der Waals surface area contributed by atoms with Crippen molar-refractivity contribution in [3.05, 3.63) is 29.6 Å². The molecule has 0 radical (unpaired) electrons. The molecule has 2 aliphatic heterocycles. The van der Waals surface area contributed by atoms with Crippen molar-refractivity contribution in [1.29, 1.82) is 0 Å². The number of nitrogens with two attached hydrogens (primary N) is 1. The number of hydrogen-bond acceptors (Lipinski definition) is 4. The van der Waals surface area contributed by atoms with E-state index in [0.717, 1.165) is 31.6 Å². The minimum Gasteiger partial charge on any atom is -0.339 e. The topological polar surface area (TPSA) is 62.5 Å². The summed E-state index contributed by atoms with van der Waals surface area (Å²) >= 11 is 0. The van der Waals surface area contributed by atoms with E-state index in [1.165, 1.54) is 25.9 Å². The Hall–Kier alpha value is -0.880. The summed E-state index contributed by atoms with van der Waals surface area (Å²) in [6.45, 7) is 4.57. The molecule has 5 nitrogen and oxygen atoms in total. The van der Waals surface area contributed by atoms with Gasteiger partial charge in [0.25, 0.3) is 5.91 Å². The van der Waals surface area contributed by atoms with Gasteiger partial charge in [-0.15, -0.1) is 24.8 Å². The number of amides is 1. The first-order chi connectivity index (χ1) is 10.3. The molecule has 7 heteroatoms. The fraction of sp³-hybridized carbons (Fsp3) is 0.625. The summed E-state index contributed by atoms with van der Waals surface area (Å²) in [6, 6.07) is 4.27. The van der Waals surface area contributed by atoms with Crippen LogP contribution in [-0.2, 0) is 6.54 Å². The quantitative estimate of drug-likeness (QED) is 0.896. The number of aromatic nitrogens is 1. The van der Waals surface area contributed by atoms with Crippen molar-refractivity contribution in [1.82, 2.24) is 14.8 Å². The molecule has 0 unspecified atom stereocenters. The first-order valence-electron chi connectivity index (χ1n) is 7.96. The molecule has 1 amide bonds. The largest absolute Gasteiger partial charge is 0.339 e.